The number of benzene rings is 2. The number of hydrogen-bond donors (Lipinski definition) is 2. The van der Waals surface area contributed by atoms with Crippen LogP contribution in [0.25, 0.3) is 0 Å². The van der Waals surface area contributed by atoms with Crippen LogP contribution >= 0.6 is 0 Å². The lowest BCUT2D eigenvalue weighted by molar-refractivity contribution is 0.409. The van der Waals surface area contributed by atoms with Gasteiger partial charge in [-0.25, -0.2) is 0 Å². The molecule has 2 aromatic rings. The number of ether oxygens (including phenoxy) is 1. The maximum atomic E-state index is 9.37. The number of hydrogen-bond acceptors (Lipinski definition) is 3. The molecule has 19 heavy (non-hydrogen) atoms. The maximum Gasteiger partial charge on any atom is 0.122 e. The zero-order chi connectivity index (χ0) is 13.5. The molecule has 0 aliphatic rings. The van der Waals surface area contributed by atoms with E-state index in [1.54, 1.807) is 19.2 Å². The molecule has 0 saturated heterocycles. The zero-order valence-electron chi connectivity index (χ0n) is 11.1. The van der Waals surface area contributed by atoms with Gasteiger partial charge in [-0.3, -0.25) is 0 Å². The van der Waals surface area contributed by atoms with E-state index >= 15 is 0 Å². The van der Waals surface area contributed by atoms with Crippen LogP contribution in [-0.2, 0) is 13.0 Å². The van der Waals surface area contributed by atoms with Crippen LogP contribution in [0.4, 0.5) is 0 Å². The van der Waals surface area contributed by atoms with Crippen LogP contribution < -0.4 is 10.1 Å². The third kappa shape index (κ3) is 4.00. The monoisotopic (exact) mass is 257 g/mol. The number of aromatic hydroxyl groups is 1. The summed E-state index contributed by atoms with van der Waals surface area (Å²) < 4.78 is 5.32. The highest BCUT2D eigenvalue weighted by molar-refractivity contribution is 5.33. The molecule has 0 aromatic heterocycles. The van der Waals surface area contributed by atoms with Gasteiger partial charge in [-0.15, -0.1) is 0 Å². The molecule has 0 aliphatic heterocycles. The standard InChI is InChI=1S/C16H19NO2/c1-19-16-8-3-2-6-14(16)9-10-17-12-13-5-4-7-15(18)11-13/h2-8,11,17-18H,9-10,12H2,1H3. The fourth-order valence-electron chi connectivity index (χ4n) is 2.03. The van der Waals surface area contributed by atoms with Gasteiger partial charge in [0.05, 0.1) is 7.11 Å². The fraction of sp³-hybridized carbons (Fsp3) is 0.250. The van der Waals surface area contributed by atoms with Crippen LogP contribution in [0.1, 0.15) is 11.1 Å². The summed E-state index contributed by atoms with van der Waals surface area (Å²) in [7, 11) is 1.69. The molecule has 0 amide bonds. The molecule has 0 radical (unpaired) electrons. The molecule has 0 aliphatic carbocycles. The van der Waals surface area contributed by atoms with Gasteiger partial charge in [0, 0.05) is 6.54 Å². The molecule has 0 unspecified atom stereocenters. The zero-order valence-corrected chi connectivity index (χ0v) is 11.1. The van der Waals surface area contributed by atoms with Gasteiger partial charge in [-0.1, -0.05) is 30.3 Å². The molecule has 2 aromatic carbocycles. The summed E-state index contributed by atoms with van der Waals surface area (Å²) >= 11 is 0. The van der Waals surface area contributed by atoms with E-state index < -0.39 is 0 Å². The molecule has 0 saturated carbocycles. The summed E-state index contributed by atoms with van der Waals surface area (Å²) in [6.07, 6.45) is 0.919. The molecule has 100 valence electrons. The van der Waals surface area contributed by atoms with Gasteiger partial charge >= 0.3 is 0 Å². The number of methoxy groups -OCH3 is 1. The first-order valence-corrected chi connectivity index (χ1v) is 6.40. The van der Waals surface area contributed by atoms with Crippen LogP contribution in [0.2, 0.25) is 0 Å². The number of phenols is 1. The van der Waals surface area contributed by atoms with Crippen molar-refractivity contribution in [1.82, 2.24) is 5.32 Å². The maximum absolute atomic E-state index is 9.37. The van der Waals surface area contributed by atoms with E-state index in [1.807, 2.05) is 30.3 Å². The number of para-hydroxylation sites is 1. The van der Waals surface area contributed by atoms with Crippen LogP contribution in [0.15, 0.2) is 48.5 Å². The quantitative estimate of drug-likeness (QED) is 0.782. The Kier molecular flexibility index (Phi) is 4.81. The van der Waals surface area contributed by atoms with Crippen LogP contribution in [0.3, 0.4) is 0 Å². The average molecular weight is 257 g/mol. The van der Waals surface area contributed by atoms with Crippen LogP contribution in [-0.4, -0.2) is 18.8 Å². The number of nitrogens with one attached hydrogen (secondary N) is 1. The Morgan fingerprint density at radius 3 is 2.74 bits per heavy atom. The van der Waals surface area contributed by atoms with Crippen molar-refractivity contribution >= 4 is 0 Å². The van der Waals surface area contributed by atoms with E-state index in [9.17, 15) is 5.11 Å². The first-order chi connectivity index (χ1) is 9.29. The second-order valence-corrected chi connectivity index (χ2v) is 4.41. The Balaban J connectivity index is 1.81. The van der Waals surface area contributed by atoms with Gasteiger partial charge in [-0.2, -0.15) is 0 Å². The minimum Gasteiger partial charge on any atom is -0.508 e. The third-order valence-electron chi connectivity index (χ3n) is 3.00. The largest absolute Gasteiger partial charge is 0.508 e. The van der Waals surface area contributed by atoms with Crippen molar-refractivity contribution in [2.75, 3.05) is 13.7 Å². The molecule has 0 heterocycles. The van der Waals surface area contributed by atoms with E-state index in [0.29, 0.717) is 5.75 Å². The molecule has 0 atom stereocenters. The van der Waals surface area contributed by atoms with Gasteiger partial charge in [0.2, 0.25) is 0 Å². The van der Waals surface area contributed by atoms with Crippen molar-refractivity contribution in [1.29, 1.82) is 0 Å². The van der Waals surface area contributed by atoms with Gasteiger partial charge in [0.25, 0.3) is 0 Å². The minimum atomic E-state index is 0.309. The lowest BCUT2D eigenvalue weighted by Gasteiger charge is -2.09. The highest BCUT2D eigenvalue weighted by Crippen LogP contribution is 2.17. The summed E-state index contributed by atoms with van der Waals surface area (Å²) in [4.78, 5) is 0. The summed E-state index contributed by atoms with van der Waals surface area (Å²) in [5, 5.41) is 12.7. The molecular weight excluding hydrogens is 238 g/mol. The van der Waals surface area contributed by atoms with Gasteiger partial charge in [-0.05, 0) is 42.3 Å². The van der Waals surface area contributed by atoms with Crippen molar-refractivity contribution in [2.45, 2.75) is 13.0 Å². The van der Waals surface area contributed by atoms with Gasteiger partial charge < -0.3 is 15.2 Å². The summed E-state index contributed by atoms with van der Waals surface area (Å²) in [5.74, 6) is 1.24. The van der Waals surface area contributed by atoms with E-state index in [0.717, 1.165) is 30.8 Å². The van der Waals surface area contributed by atoms with E-state index in [-0.39, 0.29) is 0 Å². The van der Waals surface area contributed by atoms with E-state index in [1.165, 1.54) is 5.56 Å². The van der Waals surface area contributed by atoms with Crippen molar-refractivity contribution < 1.29 is 9.84 Å². The molecule has 0 fully saturated rings. The summed E-state index contributed by atoms with van der Waals surface area (Å²) in [6.45, 7) is 1.62. The predicted octanol–water partition coefficient (Wildman–Crippen LogP) is 2.73. The third-order valence-corrected chi connectivity index (χ3v) is 3.00. The van der Waals surface area contributed by atoms with Crippen molar-refractivity contribution in [3.63, 3.8) is 0 Å². The van der Waals surface area contributed by atoms with Gasteiger partial charge in [0.1, 0.15) is 11.5 Å². The number of phenolic OH excluding ortho intramolecular Hbond substituents is 1. The molecule has 3 heteroatoms. The smallest absolute Gasteiger partial charge is 0.122 e. The Bertz CT molecular complexity index is 526. The summed E-state index contributed by atoms with van der Waals surface area (Å²) in [5.41, 5.74) is 2.29. The lowest BCUT2D eigenvalue weighted by atomic mass is 10.1. The second-order valence-electron chi connectivity index (χ2n) is 4.41. The first kappa shape index (κ1) is 13.4. The molecule has 0 spiro atoms. The fourth-order valence-corrected chi connectivity index (χ4v) is 2.03. The predicted molar refractivity (Wildman–Crippen MR) is 76.5 cm³/mol. The Hall–Kier alpha value is -2.00. The number of rotatable bonds is 6. The Morgan fingerprint density at radius 1 is 1.11 bits per heavy atom. The van der Waals surface area contributed by atoms with Crippen molar-refractivity contribution in [3.8, 4) is 11.5 Å². The highest BCUT2D eigenvalue weighted by atomic mass is 16.5. The summed E-state index contributed by atoms with van der Waals surface area (Å²) in [6, 6.07) is 15.4. The molecule has 3 nitrogen and oxygen atoms in total. The molecule has 0 bridgehead atoms. The second kappa shape index (κ2) is 6.81. The Labute approximate surface area is 113 Å². The topological polar surface area (TPSA) is 41.5 Å². The normalized spacial score (nSPS) is 10.4. The van der Waals surface area contributed by atoms with Gasteiger partial charge in [0.15, 0.2) is 0 Å². The molecular formula is C16H19NO2. The first-order valence-electron chi connectivity index (χ1n) is 6.40. The lowest BCUT2D eigenvalue weighted by Crippen LogP contribution is -2.16. The SMILES string of the molecule is COc1ccccc1CCNCc1cccc(O)c1. The molecule has 2 N–H and O–H groups in total. The average Bonchev–Trinajstić information content (AvgIpc) is 2.44. The molecule has 2 rings (SSSR count). The van der Waals surface area contributed by atoms with E-state index in [4.69, 9.17) is 4.74 Å². The highest BCUT2D eigenvalue weighted by Gasteiger charge is 2.01. The Morgan fingerprint density at radius 2 is 1.95 bits per heavy atom. The van der Waals surface area contributed by atoms with Crippen molar-refractivity contribution in [3.05, 3.63) is 59.7 Å². The minimum absolute atomic E-state index is 0.309. The van der Waals surface area contributed by atoms with Crippen molar-refractivity contribution in [2.24, 2.45) is 0 Å². The van der Waals surface area contributed by atoms with Crippen LogP contribution in [0, 0.1) is 0 Å². The van der Waals surface area contributed by atoms with E-state index in [2.05, 4.69) is 11.4 Å². The van der Waals surface area contributed by atoms with Crippen LogP contribution in [0.5, 0.6) is 11.5 Å².